The first-order valence-corrected chi connectivity index (χ1v) is 8.99. The highest BCUT2D eigenvalue weighted by Gasteiger charge is 2.28. The number of hydrogen-bond acceptors (Lipinski definition) is 5. The number of ether oxygens (including phenoxy) is 1. The summed E-state index contributed by atoms with van der Waals surface area (Å²) in [7, 11) is 1.70. The van der Waals surface area contributed by atoms with Crippen LogP contribution in [-0.4, -0.2) is 44.2 Å². The second-order valence-electron chi connectivity index (χ2n) is 6.04. The molecule has 1 aliphatic heterocycles. The van der Waals surface area contributed by atoms with Gasteiger partial charge < -0.3 is 15.4 Å². The number of piperazine rings is 1. The lowest BCUT2D eigenvalue weighted by Crippen LogP contribution is -2.50. The number of nitrogens with two attached hydrogens (primary N) is 1. The summed E-state index contributed by atoms with van der Waals surface area (Å²) in [6.07, 6.45) is 0. The Morgan fingerprint density at radius 2 is 1.78 bits per heavy atom. The molecule has 2 N–H and O–H groups in total. The van der Waals surface area contributed by atoms with Crippen molar-refractivity contribution < 1.29 is 4.74 Å². The molecule has 1 aromatic heterocycles. The maximum absolute atomic E-state index is 6.27. The Bertz CT molecular complexity index is 589. The van der Waals surface area contributed by atoms with Crippen molar-refractivity contribution in [2.24, 2.45) is 5.73 Å². The number of methoxy groups -OCH3 is 1. The molecule has 4 nitrogen and oxygen atoms in total. The van der Waals surface area contributed by atoms with Crippen LogP contribution in [0.2, 0.25) is 0 Å². The van der Waals surface area contributed by atoms with Crippen LogP contribution in [0.3, 0.4) is 0 Å². The second kappa shape index (κ2) is 7.34. The summed E-state index contributed by atoms with van der Waals surface area (Å²) in [5.41, 5.74) is 7.54. The Morgan fingerprint density at radius 3 is 2.30 bits per heavy atom. The van der Waals surface area contributed by atoms with Crippen molar-refractivity contribution in [3.63, 3.8) is 0 Å². The van der Waals surface area contributed by atoms with Crippen LogP contribution in [0.4, 0.5) is 5.69 Å². The molecule has 0 radical (unpaired) electrons. The van der Waals surface area contributed by atoms with E-state index in [-0.39, 0.29) is 6.04 Å². The first-order chi connectivity index (χ1) is 11.2. The lowest BCUT2D eigenvalue weighted by atomic mass is 10.1. The molecule has 3 rings (SSSR count). The van der Waals surface area contributed by atoms with Crippen molar-refractivity contribution in [2.75, 3.05) is 38.2 Å². The summed E-state index contributed by atoms with van der Waals surface area (Å²) in [5.74, 6) is 0.905. The minimum Gasteiger partial charge on any atom is -0.497 e. The largest absolute Gasteiger partial charge is 0.497 e. The van der Waals surface area contributed by atoms with E-state index in [0.29, 0.717) is 6.04 Å². The summed E-state index contributed by atoms with van der Waals surface area (Å²) >= 11 is 1.81. The van der Waals surface area contributed by atoms with Gasteiger partial charge in [0.2, 0.25) is 0 Å². The third kappa shape index (κ3) is 3.68. The van der Waals surface area contributed by atoms with E-state index in [1.54, 1.807) is 18.4 Å². The van der Waals surface area contributed by atoms with Gasteiger partial charge in [0.1, 0.15) is 5.75 Å². The molecule has 2 heterocycles. The Labute approximate surface area is 142 Å². The highest BCUT2D eigenvalue weighted by molar-refractivity contribution is 7.10. The molecular formula is C18H25N3OS. The number of nitrogens with zero attached hydrogens (tertiary/aromatic N) is 2. The van der Waals surface area contributed by atoms with E-state index in [1.807, 2.05) is 12.1 Å². The molecule has 124 valence electrons. The van der Waals surface area contributed by atoms with E-state index in [1.165, 1.54) is 10.6 Å². The molecule has 0 spiro atoms. The van der Waals surface area contributed by atoms with Crippen molar-refractivity contribution in [3.05, 3.63) is 46.7 Å². The quantitative estimate of drug-likeness (QED) is 0.914. The van der Waals surface area contributed by atoms with Crippen LogP contribution >= 0.6 is 11.3 Å². The second-order valence-corrected chi connectivity index (χ2v) is 7.02. The summed E-state index contributed by atoms with van der Waals surface area (Å²) in [6.45, 7) is 6.24. The maximum atomic E-state index is 6.27. The number of benzene rings is 1. The van der Waals surface area contributed by atoms with Crippen LogP contribution in [0.5, 0.6) is 5.75 Å². The van der Waals surface area contributed by atoms with Crippen molar-refractivity contribution in [2.45, 2.75) is 19.0 Å². The van der Waals surface area contributed by atoms with Gasteiger partial charge in [0.15, 0.2) is 0 Å². The highest BCUT2D eigenvalue weighted by atomic mass is 32.1. The molecule has 2 atom stereocenters. The fourth-order valence-electron chi connectivity index (χ4n) is 3.28. The van der Waals surface area contributed by atoms with Crippen molar-refractivity contribution in [1.29, 1.82) is 0 Å². The molecule has 2 aromatic rings. The third-order valence-corrected chi connectivity index (χ3v) is 5.42. The van der Waals surface area contributed by atoms with Gasteiger partial charge in [-0.25, -0.2) is 0 Å². The molecule has 1 aliphatic rings. The molecule has 0 aliphatic carbocycles. The summed E-state index contributed by atoms with van der Waals surface area (Å²) < 4.78 is 5.23. The average Bonchev–Trinajstić information content (AvgIpc) is 3.09. The van der Waals surface area contributed by atoms with Gasteiger partial charge in [-0.1, -0.05) is 6.07 Å². The number of rotatable bonds is 5. The Balaban J connectivity index is 1.65. The predicted octanol–water partition coefficient (Wildman–Crippen LogP) is 2.97. The molecule has 1 aromatic carbocycles. The van der Waals surface area contributed by atoms with Crippen molar-refractivity contribution >= 4 is 17.0 Å². The summed E-state index contributed by atoms with van der Waals surface area (Å²) in [5, 5.41) is 2.14. The summed E-state index contributed by atoms with van der Waals surface area (Å²) in [4.78, 5) is 6.33. The van der Waals surface area contributed by atoms with E-state index in [2.05, 4.69) is 46.4 Å². The predicted molar refractivity (Wildman–Crippen MR) is 97.5 cm³/mol. The van der Waals surface area contributed by atoms with Crippen LogP contribution in [0, 0.1) is 0 Å². The fraction of sp³-hybridized carbons (Fsp3) is 0.444. The van der Waals surface area contributed by atoms with Gasteiger partial charge >= 0.3 is 0 Å². The van der Waals surface area contributed by atoms with Crippen molar-refractivity contribution in [1.82, 2.24) is 4.90 Å². The van der Waals surface area contributed by atoms with Gasteiger partial charge in [-0.3, -0.25) is 4.90 Å². The Morgan fingerprint density at radius 1 is 1.09 bits per heavy atom. The minimum atomic E-state index is 0.140. The molecule has 0 bridgehead atoms. The third-order valence-electron chi connectivity index (χ3n) is 4.48. The van der Waals surface area contributed by atoms with Crippen LogP contribution in [0.15, 0.2) is 41.8 Å². The summed E-state index contributed by atoms with van der Waals surface area (Å²) in [6, 6.07) is 13.1. The Hall–Kier alpha value is -1.56. The highest BCUT2D eigenvalue weighted by Crippen LogP contribution is 2.29. The molecule has 1 fully saturated rings. The maximum Gasteiger partial charge on any atom is 0.119 e. The molecule has 5 heteroatoms. The van der Waals surface area contributed by atoms with Gasteiger partial charge in [0, 0.05) is 42.8 Å². The smallest absolute Gasteiger partial charge is 0.119 e. The zero-order valence-electron chi connectivity index (χ0n) is 13.8. The SMILES string of the molecule is COc1ccc(N2CCN([C@H](c3cccs3)[C@H](C)N)CC2)cc1. The number of hydrogen-bond donors (Lipinski definition) is 1. The molecule has 23 heavy (non-hydrogen) atoms. The van der Waals surface area contributed by atoms with E-state index in [9.17, 15) is 0 Å². The lowest BCUT2D eigenvalue weighted by Gasteiger charge is -2.41. The van der Waals surface area contributed by atoms with Gasteiger partial charge in [-0.15, -0.1) is 11.3 Å². The monoisotopic (exact) mass is 331 g/mol. The molecule has 0 amide bonds. The van der Waals surface area contributed by atoms with E-state index >= 15 is 0 Å². The zero-order valence-corrected chi connectivity index (χ0v) is 14.6. The van der Waals surface area contributed by atoms with E-state index in [0.717, 1.165) is 31.9 Å². The Kier molecular flexibility index (Phi) is 5.20. The molecule has 0 saturated carbocycles. The van der Waals surface area contributed by atoms with E-state index < -0.39 is 0 Å². The lowest BCUT2D eigenvalue weighted by molar-refractivity contribution is 0.169. The van der Waals surface area contributed by atoms with Crippen molar-refractivity contribution in [3.8, 4) is 5.75 Å². The van der Waals surface area contributed by atoms with Gasteiger partial charge in [-0.05, 0) is 42.6 Å². The normalized spacial score (nSPS) is 18.7. The van der Waals surface area contributed by atoms with Crippen LogP contribution < -0.4 is 15.4 Å². The average molecular weight is 331 g/mol. The molecule has 0 unspecified atom stereocenters. The minimum absolute atomic E-state index is 0.140. The molecule has 1 saturated heterocycles. The van der Waals surface area contributed by atoms with Gasteiger partial charge in [0.25, 0.3) is 0 Å². The topological polar surface area (TPSA) is 41.7 Å². The first-order valence-electron chi connectivity index (χ1n) is 8.11. The number of thiophene rings is 1. The zero-order chi connectivity index (χ0) is 16.2. The fourth-order valence-corrected chi connectivity index (χ4v) is 4.26. The standard InChI is InChI=1S/C18H25N3OS/c1-14(19)18(17-4-3-13-23-17)21-11-9-20(10-12-21)15-5-7-16(22-2)8-6-15/h3-8,13-14,18H,9-12,19H2,1-2H3/t14-,18-/m0/s1. The molecular weight excluding hydrogens is 306 g/mol. The van der Waals surface area contributed by atoms with E-state index in [4.69, 9.17) is 10.5 Å². The van der Waals surface area contributed by atoms with Gasteiger partial charge in [0.05, 0.1) is 13.2 Å². The van der Waals surface area contributed by atoms with Crippen LogP contribution in [0.25, 0.3) is 0 Å². The van der Waals surface area contributed by atoms with Gasteiger partial charge in [-0.2, -0.15) is 0 Å². The van der Waals surface area contributed by atoms with Crippen LogP contribution in [-0.2, 0) is 0 Å². The number of anilines is 1. The first kappa shape index (κ1) is 16.3. The van der Waals surface area contributed by atoms with Crippen LogP contribution in [0.1, 0.15) is 17.8 Å².